The zero-order valence-corrected chi connectivity index (χ0v) is 17.7. The molecule has 0 bridgehead atoms. The van der Waals surface area contributed by atoms with Crippen molar-refractivity contribution in [2.45, 2.75) is 10.3 Å². The Bertz CT molecular complexity index is 1300. The topological polar surface area (TPSA) is 73.8 Å². The number of alkyl halides is 3. The minimum atomic E-state index is -1.85. The van der Waals surface area contributed by atoms with E-state index in [9.17, 15) is 13.6 Å². The molecule has 0 atom stereocenters. The molecule has 0 saturated carbocycles. The Labute approximate surface area is 189 Å². The van der Waals surface area contributed by atoms with Crippen LogP contribution >= 0.6 is 34.8 Å². The molecule has 0 aliphatic rings. The molecule has 0 fully saturated rings. The molecule has 4 aromatic rings. The Hall–Kier alpha value is -2.81. The summed E-state index contributed by atoms with van der Waals surface area (Å²) in [6.07, 6.45) is 0. The summed E-state index contributed by atoms with van der Waals surface area (Å²) in [5.74, 6) is -1.45. The highest BCUT2D eigenvalue weighted by Gasteiger charge is 2.30. The Balaban J connectivity index is 1.65. The van der Waals surface area contributed by atoms with Gasteiger partial charge in [0.25, 0.3) is 15.2 Å². The van der Waals surface area contributed by atoms with Gasteiger partial charge in [-0.25, -0.2) is 13.5 Å². The molecule has 4 rings (SSSR count). The molecule has 2 aromatic heterocycles. The molecule has 0 aliphatic heterocycles. The van der Waals surface area contributed by atoms with Crippen molar-refractivity contribution in [3.8, 4) is 22.6 Å². The molecule has 158 valence electrons. The zero-order chi connectivity index (χ0) is 22.2. The summed E-state index contributed by atoms with van der Waals surface area (Å²) in [5.41, 5.74) is 1.34. The van der Waals surface area contributed by atoms with E-state index >= 15 is 0 Å². The quantitative estimate of drug-likeness (QED) is 0.377. The summed E-state index contributed by atoms with van der Waals surface area (Å²) in [7, 11) is 0. The summed E-state index contributed by atoms with van der Waals surface area (Å²) >= 11 is 17.2. The SMILES string of the molecule is O=c1ccc(-c2cc(F)cc(F)c2)nn1Cc1cccc(-c2noc(C(Cl)(Cl)Cl)n2)c1. The van der Waals surface area contributed by atoms with Crippen LogP contribution in [0.2, 0.25) is 0 Å². The van der Waals surface area contributed by atoms with Crippen LogP contribution in [0.5, 0.6) is 0 Å². The van der Waals surface area contributed by atoms with Gasteiger partial charge in [0.2, 0.25) is 5.82 Å². The lowest BCUT2D eigenvalue weighted by molar-refractivity contribution is 0.383. The normalized spacial score (nSPS) is 11.6. The number of nitrogens with zero attached hydrogens (tertiary/aromatic N) is 4. The standard InChI is InChI=1S/C20H11Cl3F2N4O2/c21-20(22,23)19-26-18(28-31-19)12-3-1-2-11(6-12)10-29-17(30)5-4-16(27-29)13-7-14(24)9-15(25)8-13/h1-9H,10H2. The van der Waals surface area contributed by atoms with Crippen molar-refractivity contribution in [1.82, 2.24) is 19.9 Å². The first kappa shape index (κ1) is 21.4. The highest BCUT2D eigenvalue weighted by Crippen LogP contribution is 2.37. The molecular weight excluding hydrogens is 473 g/mol. The maximum Gasteiger partial charge on any atom is 0.279 e. The first-order valence-electron chi connectivity index (χ1n) is 8.74. The van der Waals surface area contributed by atoms with E-state index in [-0.39, 0.29) is 35.1 Å². The zero-order valence-electron chi connectivity index (χ0n) is 15.4. The molecule has 2 heterocycles. The lowest BCUT2D eigenvalue weighted by Crippen LogP contribution is -2.22. The number of hydrogen-bond donors (Lipinski definition) is 0. The molecule has 0 radical (unpaired) electrons. The van der Waals surface area contributed by atoms with Crippen molar-refractivity contribution >= 4 is 34.8 Å². The number of halogens is 5. The minimum absolute atomic E-state index is 0.0907. The second-order valence-corrected chi connectivity index (χ2v) is 8.78. The monoisotopic (exact) mass is 482 g/mol. The van der Waals surface area contributed by atoms with Gasteiger partial charge >= 0.3 is 0 Å². The molecule has 31 heavy (non-hydrogen) atoms. The maximum atomic E-state index is 13.5. The summed E-state index contributed by atoms with van der Waals surface area (Å²) in [4.78, 5) is 16.3. The molecular formula is C20H11Cl3F2N4O2. The van der Waals surface area contributed by atoms with E-state index < -0.39 is 15.4 Å². The smallest absolute Gasteiger partial charge is 0.279 e. The Kier molecular flexibility index (Phi) is 5.79. The first-order valence-corrected chi connectivity index (χ1v) is 9.87. The van der Waals surface area contributed by atoms with Crippen LogP contribution in [0.1, 0.15) is 11.5 Å². The molecule has 11 heteroatoms. The van der Waals surface area contributed by atoms with Gasteiger partial charge in [0.1, 0.15) is 11.6 Å². The third-order valence-corrected chi connectivity index (χ3v) is 4.70. The Morgan fingerprint density at radius 3 is 2.39 bits per heavy atom. The summed E-state index contributed by atoms with van der Waals surface area (Å²) < 4.78 is 31.4. The van der Waals surface area contributed by atoms with Crippen molar-refractivity contribution in [1.29, 1.82) is 0 Å². The highest BCUT2D eigenvalue weighted by atomic mass is 35.6. The van der Waals surface area contributed by atoms with Gasteiger partial charge in [-0.2, -0.15) is 10.1 Å². The molecule has 0 aliphatic carbocycles. The first-order chi connectivity index (χ1) is 14.7. The van der Waals surface area contributed by atoms with Crippen molar-refractivity contribution < 1.29 is 13.3 Å². The lowest BCUT2D eigenvalue weighted by Gasteiger charge is -2.08. The second kappa shape index (κ2) is 8.37. The van der Waals surface area contributed by atoms with Crippen LogP contribution in [0.15, 0.2) is 63.9 Å². The van der Waals surface area contributed by atoms with E-state index in [4.69, 9.17) is 39.3 Å². The van der Waals surface area contributed by atoms with Gasteiger partial charge in [-0.15, -0.1) is 0 Å². The predicted octanol–water partition coefficient (Wildman–Crippen LogP) is 5.11. The van der Waals surface area contributed by atoms with Crippen LogP contribution in [0.3, 0.4) is 0 Å². The Morgan fingerprint density at radius 1 is 0.968 bits per heavy atom. The molecule has 0 spiro atoms. The molecule has 0 saturated heterocycles. The van der Waals surface area contributed by atoms with E-state index in [0.717, 1.165) is 18.2 Å². The van der Waals surface area contributed by atoms with Crippen molar-refractivity contribution in [3.63, 3.8) is 0 Å². The fourth-order valence-corrected chi connectivity index (χ4v) is 3.09. The predicted molar refractivity (Wildman–Crippen MR) is 112 cm³/mol. The maximum absolute atomic E-state index is 13.5. The van der Waals surface area contributed by atoms with Gasteiger partial charge in [-0.05, 0) is 29.8 Å². The van der Waals surface area contributed by atoms with Gasteiger partial charge in [-0.3, -0.25) is 4.79 Å². The third-order valence-electron chi connectivity index (χ3n) is 4.21. The van der Waals surface area contributed by atoms with E-state index in [1.165, 1.54) is 16.8 Å². The van der Waals surface area contributed by atoms with Crippen molar-refractivity contribution in [2.75, 3.05) is 0 Å². The number of benzene rings is 2. The van der Waals surface area contributed by atoms with E-state index in [0.29, 0.717) is 11.1 Å². The number of aromatic nitrogens is 4. The number of hydrogen-bond acceptors (Lipinski definition) is 5. The number of rotatable bonds is 4. The Morgan fingerprint density at radius 2 is 1.71 bits per heavy atom. The summed E-state index contributed by atoms with van der Waals surface area (Å²) in [6, 6.07) is 12.7. The molecule has 2 aromatic carbocycles. The third kappa shape index (κ3) is 4.92. The molecule has 6 nitrogen and oxygen atoms in total. The fourth-order valence-electron chi connectivity index (χ4n) is 2.86. The average Bonchev–Trinajstić information content (AvgIpc) is 3.20. The van der Waals surface area contributed by atoms with E-state index in [2.05, 4.69) is 15.2 Å². The highest BCUT2D eigenvalue weighted by molar-refractivity contribution is 6.66. The van der Waals surface area contributed by atoms with Gasteiger partial charge in [0.05, 0.1) is 12.2 Å². The lowest BCUT2D eigenvalue weighted by atomic mass is 10.1. The minimum Gasteiger partial charge on any atom is -0.334 e. The average molecular weight is 484 g/mol. The van der Waals surface area contributed by atoms with Crippen molar-refractivity contribution in [3.05, 3.63) is 88.0 Å². The fraction of sp³-hybridized carbons (Fsp3) is 0.100. The molecule has 0 N–H and O–H groups in total. The summed E-state index contributed by atoms with van der Waals surface area (Å²) in [6.45, 7) is 0.0907. The van der Waals surface area contributed by atoms with Crippen LogP contribution in [0.4, 0.5) is 8.78 Å². The van der Waals surface area contributed by atoms with Crippen molar-refractivity contribution in [2.24, 2.45) is 0 Å². The van der Waals surface area contributed by atoms with Crippen LogP contribution in [0, 0.1) is 11.6 Å². The van der Waals surface area contributed by atoms with Gasteiger partial charge < -0.3 is 4.52 Å². The molecule has 0 amide bonds. The molecule has 0 unspecified atom stereocenters. The van der Waals surface area contributed by atoms with Gasteiger partial charge in [0.15, 0.2) is 0 Å². The van der Waals surface area contributed by atoms with E-state index in [1.807, 2.05) is 0 Å². The van der Waals surface area contributed by atoms with Crippen LogP contribution < -0.4 is 5.56 Å². The van der Waals surface area contributed by atoms with Crippen LogP contribution in [-0.4, -0.2) is 19.9 Å². The van der Waals surface area contributed by atoms with Crippen LogP contribution in [-0.2, 0) is 10.3 Å². The van der Waals surface area contributed by atoms with Gasteiger partial charge in [-0.1, -0.05) is 58.2 Å². The van der Waals surface area contributed by atoms with Gasteiger partial charge in [0, 0.05) is 23.3 Å². The second-order valence-electron chi connectivity index (χ2n) is 6.49. The largest absolute Gasteiger partial charge is 0.334 e. The van der Waals surface area contributed by atoms with E-state index in [1.54, 1.807) is 24.3 Å². The van der Waals surface area contributed by atoms with Crippen LogP contribution in [0.25, 0.3) is 22.6 Å². The summed E-state index contributed by atoms with van der Waals surface area (Å²) in [5, 5.41) is 8.02.